The van der Waals surface area contributed by atoms with E-state index in [1.807, 2.05) is 0 Å². The lowest BCUT2D eigenvalue weighted by atomic mass is 9.93. The zero-order chi connectivity index (χ0) is 11.3. The van der Waals surface area contributed by atoms with E-state index in [-0.39, 0.29) is 6.42 Å². The van der Waals surface area contributed by atoms with Crippen molar-refractivity contribution in [1.82, 2.24) is 4.90 Å². The minimum absolute atomic E-state index is 0.228. The number of nitriles is 2. The Balaban J connectivity index is 2.73. The summed E-state index contributed by atoms with van der Waals surface area (Å²) in [5, 5.41) is 17.2. The normalized spacial score (nSPS) is 26.9. The molecule has 4 heteroatoms. The number of aliphatic imine (C=N–C) groups is 1. The second-order valence-electron chi connectivity index (χ2n) is 4.13. The van der Waals surface area contributed by atoms with Crippen LogP contribution in [0.4, 0.5) is 0 Å². The van der Waals surface area contributed by atoms with Crippen molar-refractivity contribution in [3.8, 4) is 12.3 Å². The van der Waals surface area contributed by atoms with Crippen molar-refractivity contribution in [3.63, 3.8) is 0 Å². The summed E-state index contributed by atoms with van der Waals surface area (Å²) in [6.45, 7) is 5.27. The molecule has 1 aliphatic heterocycles. The van der Waals surface area contributed by atoms with Gasteiger partial charge in [-0.2, -0.15) is 15.5 Å². The Morgan fingerprint density at radius 2 is 2.20 bits per heavy atom. The molecule has 1 saturated heterocycles. The lowest BCUT2D eigenvalue weighted by Gasteiger charge is -2.37. The molecular formula is C11H16N4. The third-order valence-electron chi connectivity index (χ3n) is 2.89. The monoisotopic (exact) mass is 204 g/mol. The van der Waals surface area contributed by atoms with Gasteiger partial charge in [0.2, 0.25) is 6.19 Å². The van der Waals surface area contributed by atoms with Crippen LogP contribution in [0.3, 0.4) is 0 Å². The Morgan fingerprint density at radius 1 is 1.47 bits per heavy atom. The second kappa shape index (κ2) is 5.36. The van der Waals surface area contributed by atoms with Crippen molar-refractivity contribution >= 4 is 5.84 Å². The summed E-state index contributed by atoms with van der Waals surface area (Å²) in [5.74, 6) is 1.35. The Labute approximate surface area is 90.8 Å². The van der Waals surface area contributed by atoms with E-state index in [0.717, 1.165) is 25.3 Å². The quantitative estimate of drug-likeness (QED) is 0.372. The average molecular weight is 204 g/mol. The largest absolute Gasteiger partial charge is 0.356 e. The van der Waals surface area contributed by atoms with Crippen molar-refractivity contribution in [3.05, 3.63) is 0 Å². The van der Waals surface area contributed by atoms with Gasteiger partial charge in [0.25, 0.3) is 0 Å². The molecule has 1 heterocycles. The highest BCUT2D eigenvalue weighted by Crippen LogP contribution is 2.22. The van der Waals surface area contributed by atoms with Gasteiger partial charge in [-0.3, -0.25) is 0 Å². The summed E-state index contributed by atoms with van der Waals surface area (Å²) in [6, 6.07) is 2.44. The van der Waals surface area contributed by atoms with Gasteiger partial charge in [-0.25, -0.2) is 0 Å². The molecule has 4 nitrogen and oxygen atoms in total. The summed E-state index contributed by atoms with van der Waals surface area (Å²) in [7, 11) is 0. The van der Waals surface area contributed by atoms with Gasteiger partial charge in [0.1, 0.15) is 5.84 Å². The summed E-state index contributed by atoms with van der Waals surface area (Å²) >= 11 is 0. The van der Waals surface area contributed by atoms with Gasteiger partial charge in [0.05, 0.1) is 12.5 Å². The van der Waals surface area contributed by atoms with E-state index in [1.165, 1.54) is 0 Å². The molecular weight excluding hydrogens is 188 g/mol. The maximum Gasteiger partial charge on any atom is 0.207 e. The van der Waals surface area contributed by atoms with Crippen LogP contribution in [-0.2, 0) is 0 Å². The van der Waals surface area contributed by atoms with Crippen LogP contribution in [0.25, 0.3) is 0 Å². The van der Waals surface area contributed by atoms with Gasteiger partial charge in [-0.05, 0) is 25.7 Å². The molecule has 0 aromatic heterocycles. The predicted molar refractivity (Wildman–Crippen MR) is 57.8 cm³/mol. The molecule has 0 aliphatic carbocycles. The Morgan fingerprint density at radius 3 is 2.73 bits per heavy atom. The fourth-order valence-electron chi connectivity index (χ4n) is 2.12. The van der Waals surface area contributed by atoms with Gasteiger partial charge in [0, 0.05) is 12.6 Å². The summed E-state index contributed by atoms with van der Waals surface area (Å²) < 4.78 is 0. The van der Waals surface area contributed by atoms with E-state index in [0.29, 0.717) is 11.9 Å². The molecule has 0 N–H and O–H groups in total. The smallest absolute Gasteiger partial charge is 0.207 e. The zero-order valence-corrected chi connectivity index (χ0v) is 9.27. The molecule has 1 fully saturated rings. The van der Waals surface area contributed by atoms with E-state index in [1.54, 1.807) is 6.19 Å². The maximum absolute atomic E-state index is 8.67. The van der Waals surface area contributed by atoms with E-state index >= 15 is 0 Å². The number of rotatable bonds is 1. The van der Waals surface area contributed by atoms with Crippen molar-refractivity contribution < 1.29 is 0 Å². The van der Waals surface area contributed by atoms with E-state index in [4.69, 9.17) is 10.5 Å². The van der Waals surface area contributed by atoms with Gasteiger partial charge >= 0.3 is 0 Å². The van der Waals surface area contributed by atoms with E-state index < -0.39 is 0 Å². The van der Waals surface area contributed by atoms with Gasteiger partial charge in [-0.15, -0.1) is 0 Å². The Kier molecular flexibility index (Phi) is 4.12. The van der Waals surface area contributed by atoms with Crippen LogP contribution in [-0.4, -0.2) is 23.3 Å². The molecule has 0 saturated carbocycles. The van der Waals surface area contributed by atoms with Crippen LogP contribution in [0.15, 0.2) is 4.99 Å². The minimum Gasteiger partial charge on any atom is -0.356 e. The molecule has 0 bridgehead atoms. The molecule has 0 aromatic carbocycles. The second-order valence-corrected chi connectivity index (χ2v) is 4.13. The van der Waals surface area contributed by atoms with E-state index in [9.17, 15) is 0 Å². The van der Waals surface area contributed by atoms with Crippen LogP contribution in [0.1, 0.15) is 33.1 Å². The van der Waals surface area contributed by atoms with Crippen LogP contribution in [0, 0.1) is 28.7 Å². The lowest BCUT2D eigenvalue weighted by molar-refractivity contribution is 0.207. The van der Waals surface area contributed by atoms with E-state index in [2.05, 4.69) is 29.8 Å². The molecule has 1 rings (SSSR count). The Hall–Kier alpha value is -1.55. The van der Waals surface area contributed by atoms with Crippen LogP contribution in [0.2, 0.25) is 0 Å². The van der Waals surface area contributed by atoms with Crippen LogP contribution >= 0.6 is 0 Å². The summed E-state index contributed by atoms with van der Waals surface area (Å²) in [5.41, 5.74) is 0. The van der Waals surface area contributed by atoms with Crippen LogP contribution in [0.5, 0.6) is 0 Å². The number of hydrogen-bond acceptors (Lipinski definition) is 3. The molecule has 0 radical (unpaired) electrons. The summed E-state index contributed by atoms with van der Waals surface area (Å²) in [6.07, 6.45) is 4.22. The highest BCUT2D eigenvalue weighted by molar-refractivity contribution is 5.85. The minimum atomic E-state index is 0.228. The lowest BCUT2D eigenvalue weighted by Crippen LogP contribution is -2.44. The van der Waals surface area contributed by atoms with Crippen molar-refractivity contribution in [2.45, 2.75) is 39.2 Å². The Bertz CT molecular complexity index is 320. The predicted octanol–water partition coefficient (Wildman–Crippen LogP) is 1.90. The fraction of sp³-hybridized carbons (Fsp3) is 0.727. The van der Waals surface area contributed by atoms with Crippen molar-refractivity contribution in [2.24, 2.45) is 10.9 Å². The number of hydrogen-bond donors (Lipinski definition) is 0. The van der Waals surface area contributed by atoms with Crippen molar-refractivity contribution in [2.75, 3.05) is 6.54 Å². The molecule has 0 amide bonds. The molecule has 0 spiro atoms. The molecule has 80 valence electrons. The van der Waals surface area contributed by atoms with Crippen molar-refractivity contribution in [1.29, 1.82) is 10.5 Å². The first-order chi connectivity index (χ1) is 7.19. The third-order valence-corrected chi connectivity index (χ3v) is 2.89. The standard InChI is InChI=1S/C11H16N4/c1-9-4-6-15(10(2)7-9)11(3-5-12)14-8-13/h9-10H,3-4,6-7H2,1-2H3/b14-11+. The molecule has 0 aromatic rings. The number of nitrogens with zero attached hydrogens (tertiary/aromatic N) is 4. The van der Waals surface area contributed by atoms with Gasteiger partial charge in [0.15, 0.2) is 0 Å². The highest BCUT2D eigenvalue weighted by atomic mass is 15.2. The highest BCUT2D eigenvalue weighted by Gasteiger charge is 2.25. The third kappa shape index (κ3) is 2.95. The first-order valence-corrected chi connectivity index (χ1v) is 5.28. The summed E-state index contributed by atoms with van der Waals surface area (Å²) in [4.78, 5) is 5.83. The average Bonchev–Trinajstić information content (AvgIpc) is 2.17. The number of likely N-dealkylation sites (tertiary alicyclic amines) is 1. The van der Waals surface area contributed by atoms with Gasteiger partial charge < -0.3 is 4.90 Å². The molecule has 15 heavy (non-hydrogen) atoms. The number of amidine groups is 1. The zero-order valence-electron chi connectivity index (χ0n) is 9.27. The molecule has 2 atom stereocenters. The number of piperidine rings is 1. The first-order valence-electron chi connectivity index (χ1n) is 5.28. The van der Waals surface area contributed by atoms with Crippen LogP contribution < -0.4 is 0 Å². The molecule has 1 aliphatic rings. The maximum atomic E-state index is 8.67. The molecule has 2 unspecified atom stereocenters. The van der Waals surface area contributed by atoms with Gasteiger partial charge in [-0.1, -0.05) is 6.92 Å². The SMILES string of the molecule is CC1CCN(/C(CC#N)=N/C#N)C(C)C1. The fourth-order valence-corrected chi connectivity index (χ4v) is 2.12. The topological polar surface area (TPSA) is 63.2 Å². The first kappa shape index (κ1) is 11.5.